The zero-order valence-electron chi connectivity index (χ0n) is 8.35. The third kappa shape index (κ3) is 2.86. The maximum absolute atomic E-state index is 8.57. The van der Waals surface area contributed by atoms with E-state index in [2.05, 4.69) is 16.9 Å². The van der Waals surface area contributed by atoms with Crippen molar-refractivity contribution in [3.63, 3.8) is 0 Å². The monoisotopic (exact) mass is 252 g/mol. The lowest BCUT2D eigenvalue weighted by Crippen LogP contribution is -1.96. The molecule has 2 heterocycles. The van der Waals surface area contributed by atoms with Gasteiger partial charge in [-0.15, -0.1) is 11.3 Å². The highest BCUT2D eigenvalue weighted by Gasteiger charge is 2.00. The topological polar surface area (TPSA) is 38.0 Å². The summed E-state index contributed by atoms with van der Waals surface area (Å²) >= 11 is 7.36. The van der Waals surface area contributed by atoms with Gasteiger partial charge in [0.15, 0.2) is 0 Å². The van der Waals surface area contributed by atoms with Gasteiger partial charge in [0.25, 0.3) is 0 Å². The normalized spacial score (nSPS) is 9.88. The third-order valence-electron chi connectivity index (χ3n) is 1.87. The summed E-state index contributed by atoms with van der Waals surface area (Å²) in [7, 11) is 0. The molecule has 3 nitrogen and oxygen atoms in total. The van der Waals surface area contributed by atoms with Crippen LogP contribution in [0.2, 0.25) is 5.02 Å². The Bertz CT molecular complexity index is 535. The van der Waals surface area contributed by atoms with Crippen molar-refractivity contribution in [1.29, 1.82) is 0 Å². The van der Waals surface area contributed by atoms with Crippen molar-refractivity contribution in [3.05, 3.63) is 39.3 Å². The number of rotatable bonds is 2. The molecule has 0 aliphatic rings. The summed E-state index contributed by atoms with van der Waals surface area (Å²) in [4.78, 5) is 2.10. The average molecular weight is 253 g/mol. The summed E-state index contributed by atoms with van der Waals surface area (Å²) in [6, 6.07) is 3.94. The zero-order chi connectivity index (χ0) is 11.4. The molecule has 0 aromatic carbocycles. The van der Waals surface area contributed by atoms with Crippen LogP contribution in [0.3, 0.4) is 0 Å². The summed E-state index contributed by atoms with van der Waals surface area (Å²) < 4.78 is 1.78. The maximum Gasteiger partial charge on any atom is 0.104 e. The number of nitrogens with zero attached hydrogens (tertiary/aromatic N) is 2. The van der Waals surface area contributed by atoms with E-state index < -0.39 is 0 Å². The summed E-state index contributed by atoms with van der Waals surface area (Å²) in [5, 5.41) is 13.3. The summed E-state index contributed by atoms with van der Waals surface area (Å²) in [5.41, 5.74) is 0. The first-order valence-electron chi connectivity index (χ1n) is 4.64. The second-order valence-electron chi connectivity index (χ2n) is 3.08. The molecule has 0 aliphatic heterocycles. The molecule has 0 unspecified atom stereocenters. The van der Waals surface area contributed by atoms with E-state index in [1.54, 1.807) is 28.4 Å². The summed E-state index contributed by atoms with van der Waals surface area (Å²) in [6.07, 6.45) is 3.39. The quantitative estimate of drug-likeness (QED) is 0.831. The molecule has 0 fully saturated rings. The molecule has 0 aliphatic carbocycles. The summed E-state index contributed by atoms with van der Waals surface area (Å²) in [6.45, 7) is 0.584. The largest absolute Gasteiger partial charge is 0.384 e. The number of aliphatic hydroxyl groups excluding tert-OH is 1. The number of halogens is 1. The van der Waals surface area contributed by atoms with Gasteiger partial charge in [-0.05, 0) is 12.1 Å². The average Bonchev–Trinajstić information content (AvgIpc) is 2.86. The van der Waals surface area contributed by atoms with Gasteiger partial charge in [0.05, 0.1) is 22.6 Å². The van der Waals surface area contributed by atoms with E-state index >= 15 is 0 Å². The molecule has 2 aromatic heterocycles. The van der Waals surface area contributed by atoms with Crippen LogP contribution in [0.4, 0.5) is 0 Å². The smallest absolute Gasteiger partial charge is 0.104 e. The van der Waals surface area contributed by atoms with E-state index in [0.29, 0.717) is 11.6 Å². The highest BCUT2D eigenvalue weighted by Crippen LogP contribution is 2.17. The number of hydrogen-bond acceptors (Lipinski definition) is 3. The lowest BCUT2D eigenvalue weighted by molar-refractivity contribution is 0.350. The van der Waals surface area contributed by atoms with Gasteiger partial charge in [-0.3, -0.25) is 4.68 Å². The Labute approximate surface area is 102 Å². The minimum Gasteiger partial charge on any atom is -0.384 e. The number of aromatic nitrogens is 2. The Kier molecular flexibility index (Phi) is 3.62. The Morgan fingerprint density at radius 2 is 2.38 bits per heavy atom. The minimum absolute atomic E-state index is 0.109. The van der Waals surface area contributed by atoms with Crippen molar-refractivity contribution in [2.24, 2.45) is 0 Å². The Balaban J connectivity index is 2.08. The molecule has 1 N–H and O–H groups in total. The van der Waals surface area contributed by atoms with Crippen LogP contribution in [0.5, 0.6) is 0 Å². The van der Waals surface area contributed by atoms with Gasteiger partial charge in [0.1, 0.15) is 6.61 Å². The van der Waals surface area contributed by atoms with Crippen molar-refractivity contribution < 1.29 is 5.11 Å². The van der Waals surface area contributed by atoms with Crippen LogP contribution in [-0.2, 0) is 6.54 Å². The Morgan fingerprint density at radius 3 is 3.06 bits per heavy atom. The molecule has 2 aromatic rings. The molecule has 0 saturated carbocycles. The predicted molar refractivity (Wildman–Crippen MR) is 64.6 cm³/mol. The molecule has 82 valence electrons. The van der Waals surface area contributed by atoms with E-state index in [4.69, 9.17) is 16.7 Å². The highest BCUT2D eigenvalue weighted by molar-refractivity contribution is 7.12. The van der Waals surface area contributed by atoms with Gasteiger partial charge >= 0.3 is 0 Å². The fourth-order valence-electron chi connectivity index (χ4n) is 1.24. The number of aliphatic hydroxyl groups is 1. The lowest BCUT2D eigenvalue weighted by Gasteiger charge is -1.95. The maximum atomic E-state index is 8.57. The second kappa shape index (κ2) is 5.17. The van der Waals surface area contributed by atoms with Crippen molar-refractivity contribution in [2.45, 2.75) is 6.54 Å². The van der Waals surface area contributed by atoms with Crippen molar-refractivity contribution in [3.8, 4) is 11.8 Å². The standard InChI is InChI=1S/C11H9ClN2OS/c12-9-6-13-14(7-9)8-11-4-3-10(16-11)2-1-5-15/h3-4,6-7,15H,5,8H2. The lowest BCUT2D eigenvalue weighted by atomic mass is 10.4. The van der Waals surface area contributed by atoms with Crippen LogP contribution < -0.4 is 0 Å². The fraction of sp³-hybridized carbons (Fsp3) is 0.182. The van der Waals surface area contributed by atoms with Gasteiger partial charge < -0.3 is 5.11 Å². The Morgan fingerprint density at radius 1 is 1.50 bits per heavy atom. The molecular weight excluding hydrogens is 244 g/mol. The number of hydrogen-bond donors (Lipinski definition) is 1. The molecule has 16 heavy (non-hydrogen) atoms. The van der Waals surface area contributed by atoms with E-state index in [-0.39, 0.29) is 6.61 Å². The van der Waals surface area contributed by atoms with Crippen LogP contribution in [0.25, 0.3) is 0 Å². The molecule has 0 bridgehead atoms. The number of thiophene rings is 1. The molecule has 0 spiro atoms. The molecule has 0 amide bonds. The molecule has 2 rings (SSSR count). The van der Waals surface area contributed by atoms with Crippen molar-refractivity contribution in [2.75, 3.05) is 6.61 Å². The van der Waals surface area contributed by atoms with Crippen LogP contribution in [0, 0.1) is 11.8 Å². The molecule has 0 saturated heterocycles. The van der Waals surface area contributed by atoms with Gasteiger partial charge in [0.2, 0.25) is 0 Å². The van der Waals surface area contributed by atoms with E-state index in [0.717, 1.165) is 9.75 Å². The first kappa shape index (κ1) is 11.2. The Hall–Kier alpha value is -1.28. The van der Waals surface area contributed by atoms with Crippen LogP contribution in [-0.4, -0.2) is 21.5 Å². The second-order valence-corrected chi connectivity index (χ2v) is 4.69. The van der Waals surface area contributed by atoms with Crippen LogP contribution in [0.1, 0.15) is 9.75 Å². The first-order valence-corrected chi connectivity index (χ1v) is 5.84. The molecule has 5 heteroatoms. The highest BCUT2D eigenvalue weighted by atomic mass is 35.5. The van der Waals surface area contributed by atoms with Crippen LogP contribution >= 0.6 is 22.9 Å². The third-order valence-corrected chi connectivity index (χ3v) is 3.05. The van der Waals surface area contributed by atoms with Gasteiger partial charge in [-0.25, -0.2) is 0 Å². The summed E-state index contributed by atoms with van der Waals surface area (Å²) in [5.74, 6) is 5.49. The SMILES string of the molecule is OCC#Cc1ccc(Cn2cc(Cl)cn2)s1. The molecule has 0 atom stereocenters. The molecular formula is C11H9ClN2OS. The molecule has 0 radical (unpaired) electrons. The van der Waals surface area contributed by atoms with E-state index in [1.165, 1.54) is 0 Å². The van der Waals surface area contributed by atoms with E-state index in [1.807, 2.05) is 12.1 Å². The van der Waals surface area contributed by atoms with Crippen LogP contribution in [0.15, 0.2) is 24.5 Å². The minimum atomic E-state index is -0.109. The van der Waals surface area contributed by atoms with Crippen molar-refractivity contribution >= 4 is 22.9 Å². The first-order chi connectivity index (χ1) is 7.78. The predicted octanol–water partition coefficient (Wildman–Crippen LogP) is 1.99. The van der Waals surface area contributed by atoms with Gasteiger partial charge in [-0.2, -0.15) is 5.10 Å². The van der Waals surface area contributed by atoms with Gasteiger partial charge in [-0.1, -0.05) is 23.4 Å². The van der Waals surface area contributed by atoms with E-state index in [9.17, 15) is 0 Å². The van der Waals surface area contributed by atoms with Crippen molar-refractivity contribution in [1.82, 2.24) is 9.78 Å². The fourth-order valence-corrected chi connectivity index (χ4v) is 2.27. The zero-order valence-corrected chi connectivity index (χ0v) is 9.92. The van der Waals surface area contributed by atoms with Gasteiger partial charge in [0, 0.05) is 11.1 Å².